The minimum atomic E-state index is 0. The van der Waals surface area contributed by atoms with Crippen LogP contribution in [0.2, 0.25) is 0 Å². The highest BCUT2D eigenvalue weighted by molar-refractivity contribution is 5.90. The lowest BCUT2D eigenvalue weighted by molar-refractivity contribution is -0.116. The van der Waals surface area contributed by atoms with Crippen LogP contribution in [0, 0.1) is 0 Å². The molecule has 1 aromatic carbocycles. The van der Waals surface area contributed by atoms with Crippen LogP contribution in [-0.4, -0.2) is 43.7 Å². The van der Waals surface area contributed by atoms with E-state index in [0.717, 1.165) is 45.0 Å². The molecule has 22 heavy (non-hydrogen) atoms. The highest BCUT2D eigenvalue weighted by atomic mass is 35.5. The summed E-state index contributed by atoms with van der Waals surface area (Å²) in [5, 5.41) is 2.88. The van der Waals surface area contributed by atoms with E-state index in [0.29, 0.717) is 13.0 Å². The highest BCUT2D eigenvalue weighted by Gasteiger charge is 2.10. The van der Waals surface area contributed by atoms with Gasteiger partial charge in [-0.05, 0) is 30.7 Å². The second kappa shape index (κ2) is 11.7. The summed E-state index contributed by atoms with van der Waals surface area (Å²) in [7, 11) is 0. The van der Waals surface area contributed by atoms with Crippen LogP contribution in [0.4, 0.5) is 5.69 Å². The molecule has 0 saturated carbocycles. The first-order valence-corrected chi connectivity index (χ1v) is 7.17. The summed E-state index contributed by atoms with van der Waals surface area (Å²) in [6.45, 7) is 5.08. The van der Waals surface area contributed by atoms with Gasteiger partial charge in [0.1, 0.15) is 0 Å². The molecule has 1 aliphatic heterocycles. The number of hydrogen-bond acceptors (Lipinski definition) is 4. The fraction of sp³-hybridized carbons (Fsp3) is 0.533. The van der Waals surface area contributed by atoms with Crippen LogP contribution < -0.4 is 11.1 Å². The van der Waals surface area contributed by atoms with Gasteiger partial charge in [-0.15, -0.1) is 24.8 Å². The third kappa shape index (κ3) is 7.42. The van der Waals surface area contributed by atoms with Gasteiger partial charge in [0.2, 0.25) is 5.91 Å². The summed E-state index contributed by atoms with van der Waals surface area (Å²) in [4.78, 5) is 14.0. The predicted molar refractivity (Wildman–Crippen MR) is 94.0 cm³/mol. The molecule has 2 rings (SSSR count). The average molecular weight is 350 g/mol. The fourth-order valence-electron chi connectivity index (χ4n) is 2.20. The normalized spacial score (nSPS) is 14.6. The Morgan fingerprint density at radius 1 is 1.18 bits per heavy atom. The Hall–Kier alpha value is -0.850. The number of hydrogen-bond donors (Lipinski definition) is 2. The number of morpholine rings is 1. The van der Waals surface area contributed by atoms with Crippen LogP contribution in [0.5, 0.6) is 0 Å². The van der Waals surface area contributed by atoms with Gasteiger partial charge in [0.15, 0.2) is 0 Å². The predicted octanol–water partition coefficient (Wildman–Crippen LogP) is 2.04. The maximum Gasteiger partial charge on any atom is 0.224 e. The second-order valence-corrected chi connectivity index (χ2v) is 5.03. The van der Waals surface area contributed by atoms with Gasteiger partial charge in [-0.2, -0.15) is 0 Å². The third-order valence-corrected chi connectivity index (χ3v) is 3.36. The molecular formula is C15H25Cl2N3O2. The Balaban J connectivity index is 0.00000220. The van der Waals surface area contributed by atoms with Gasteiger partial charge in [0.05, 0.1) is 13.2 Å². The molecule has 1 aliphatic rings. The minimum Gasteiger partial charge on any atom is -0.379 e. The van der Waals surface area contributed by atoms with E-state index < -0.39 is 0 Å². The van der Waals surface area contributed by atoms with E-state index in [1.165, 1.54) is 5.56 Å². The summed E-state index contributed by atoms with van der Waals surface area (Å²) in [5.74, 6) is 0.0244. The van der Waals surface area contributed by atoms with Gasteiger partial charge in [-0.1, -0.05) is 12.1 Å². The van der Waals surface area contributed by atoms with Crippen molar-refractivity contribution in [3.05, 3.63) is 29.8 Å². The summed E-state index contributed by atoms with van der Waals surface area (Å²) in [5.41, 5.74) is 7.49. The summed E-state index contributed by atoms with van der Waals surface area (Å²) < 4.78 is 5.33. The molecule has 7 heteroatoms. The van der Waals surface area contributed by atoms with Crippen molar-refractivity contribution in [1.29, 1.82) is 0 Å². The van der Waals surface area contributed by atoms with E-state index in [-0.39, 0.29) is 30.7 Å². The Morgan fingerprint density at radius 3 is 2.41 bits per heavy atom. The Bertz CT molecular complexity index is 423. The molecule has 0 spiro atoms. The van der Waals surface area contributed by atoms with Gasteiger partial charge < -0.3 is 15.8 Å². The smallest absolute Gasteiger partial charge is 0.224 e. The van der Waals surface area contributed by atoms with Gasteiger partial charge in [0.25, 0.3) is 0 Å². The molecule has 1 heterocycles. The number of amides is 1. The zero-order valence-electron chi connectivity index (χ0n) is 12.6. The molecule has 1 saturated heterocycles. The minimum absolute atomic E-state index is 0. The van der Waals surface area contributed by atoms with E-state index in [2.05, 4.69) is 22.3 Å². The van der Waals surface area contributed by atoms with Crippen LogP contribution in [-0.2, 0) is 16.1 Å². The molecule has 1 fully saturated rings. The van der Waals surface area contributed by atoms with Crippen LogP contribution in [0.25, 0.3) is 0 Å². The Kier molecular flexibility index (Phi) is 11.2. The number of carbonyl (C=O) groups is 1. The third-order valence-electron chi connectivity index (χ3n) is 3.36. The highest BCUT2D eigenvalue weighted by Crippen LogP contribution is 2.12. The first-order valence-electron chi connectivity index (χ1n) is 7.17. The largest absolute Gasteiger partial charge is 0.379 e. The van der Waals surface area contributed by atoms with Crippen molar-refractivity contribution < 1.29 is 9.53 Å². The molecule has 0 unspecified atom stereocenters. The fourth-order valence-corrected chi connectivity index (χ4v) is 2.20. The van der Waals surface area contributed by atoms with Gasteiger partial charge in [-0.25, -0.2) is 0 Å². The molecule has 0 aliphatic carbocycles. The number of nitrogens with zero attached hydrogens (tertiary/aromatic N) is 1. The molecule has 1 amide bonds. The number of carbonyl (C=O) groups excluding carboxylic acids is 1. The lowest BCUT2D eigenvalue weighted by atomic mass is 10.2. The molecule has 1 aromatic rings. The zero-order valence-corrected chi connectivity index (χ0v) is 14.3. The van der Waals surface area contributed by atoms with Crippen molar-refractivity contribution in [2.24, 2.45) is 5.73 Å². The Morgan fingerprint density at radius 2 is 1.82 bits per heavy atom. The molecule has 0 radical (unpaired) electrons. The monoisotopic (exact) mass is 349 g/mol. The quantitative estimate of drug-likeness (QED) is 0.824. The van der Waals surface area contributed by atoms with E-state index in [1.807, 2.05) is 12.1 Å². The van der Waals surface area contributed by atoms with Crippen LogP contribution in [0.15, 0.2) is 24.3 Å². The summed E-state index contributed by atoms with van der Waals surface area (Å²) >= 11 is 0. The first kappa shape index (κ1) is 21.1. The van der Waals surface area contributed by atoms with E-state index in [9.17, 15) is 4.79 Å². The maximum absolute atomic E-state index is 11.6. The molecule has 0 bridgehead atoms. The number of ether oxygens (including phenoxy) is 1. The zero-order chi connectivity index (χ0) is 14.2. The van der Waals surface area contributed by atoms with Crippen molar-refractivity contribution in [1.82, 2.24) is 4.90 Å². The standard InChI is InChI=1S/C15H23N3O2.2ClH/c16-7-1-2-15(19)17-14-5-3-13(4-6-14)12-18-8-10-20-11-9-18;;/h3-6H,1-2,7-12,16H2,(H,17,19);2*1H. The number of benzene rings is 1. The van der Waals surface area contributed by atoms with Crippen molar-refractivity contribution in [2.75, 3.05) is 38.2 Å². The maximum atomic E-state index is 11.6. The molecule has 0 atom stereocenters. The Labute approximate surface area is 144 Å². The number of rotatable bonds is 6. The van der Waals surface area contributed by atoms with Crippen molar-refractivity contribution in [3.8, 4) is 0 Å². The molecule has 5 nitrogen and oxygen atoms in total. The van der Waals surface area contributed by atoms with Gasteiger partial charge in [0, 0.05) is 31.7 Å². The molecule has 3 N–H and O–H groups in total. The van der Waals surface area contributed by atoms with E-state index in [1.54, 1.807) is 0 Å². The summed E-state index contributed by atoms with van der Waals surface area (Å²) in [6, 6.07) is 8.04. The first-order chi connectivity index (χ1) is 9.78. The SMILES string of the molecule is Cl.Cl.NCCCC(=O)Nc1ccc(CN2CCOCC2)cc1. The van der Waals surface area contributed by atoms with E-state index >= 15 is 0 Å². The number of anilines is 1. The van der Waals surface area contributed by atoms with Crippen molar-refractivity contribution >= 4 is 36.4 Å². The number of nitrogens with one attached hydrogen (secondary N) is 1. The van der Waals surface area contributed by atoms with Crippen molar-refractivity contribution in [3.63, 3.8) is 0 Å². The van der Waals surface area contributed by atoms with Crippen LogP contribution in [0.1, 0.15) is 18.4 Å². The number of nitrogens with two attached hydrogens (primary N) is 1. The van der Waals surface area contributed by atoms with Gasteiger partial charge in [-0.3, -0.25) is 9.69 Å². The van der Waals surface area contributed by atoms with E-state index in [4.69, 9.17) is 10.5 Å². The lowest BCUT2D eigenvalue weighted by Crippen LogP contribution is -2.35. The topological polar surface area (TPSA) is 67.6 Å². The van der Waals surface area contributed by atoms with Crippen LogP contribution >= 0.6 is 24.8 Å². The molecule has 126 valence electrons. The lowest BCUT2D eigenvalue weighted by Gasteiger charge is -2.26. The van der Waals surface area contributed by atoms with Gasteiger partial charge >= 0.3 is 0 Å². The van der Waals surface area contributed by atoms with Crippen LogP contribution in [0.3, 0.4) is 0 Å². The molecule has 0 aromatic heterocycles. The van der Waals surface area contributed by atoms with Crippen molar-refractivity contribution in [2.45, 2.75) is 19.4 Å². The number of halogens is 2. The molecular weight excluding hydrogens is 325 g/mol. The summed E-state index contributed by atoms with van der Waals surface area (Å²) in [6.07, 6.45) is 1.20. The average Bonchev–Trinajstić information content (AvgIpc) is 2.48. The second-order valence-electron chi connectivity index (χ2n) is 5.03.